The van der Waals surface area contributed by atoms with Gasteiger partial charge in [-0.3, -0.25) is 4.57 Å². The summed E-state index contributed by atoms with van der Waals surface area (Å²) in [5, 5.41) is 11.5. The number of halogens is 2. The van der Waals surface area contributed by atoms with E-state index >= 15 is 0 Å². The Balaban J connectivity index is 1.53. The van der Waals surface area contributed by atoms with Gasteiger partial charge in [0.05, 0.1) is 6.20 Å². The normalized spacial score (nSPS) is 19.2. The van der Waals surface area contributed by atoms with Crippen LogP contribution in [0.25, 0.3) is 11.2 Å². The van der Waals surface area contributed by atoms with E-state index in [1.54, 1.807) is 12.3 Å². The van der Waals surface area contributed by atoms with E-state index < -0.39 is 0 Å². The molecular weight excluding hydrogens is 449 g/mol. The molecule has 8 nitrogen and oxygen atoms in total. The van der Waals surface area contributed by atoms with E-state index in [9.17, 15) is 0 Å². The van der Waals surface area contributed by atoms with Gasteiger partial charge in [-0.1, -0.05) is 23.2 Å². The molecule has 0 unspecified atom stereocenters. The topological polar surface area (TPSA) is 88.9 Å². The molecular formula is C22H27Cl2N7O. The Morgan fingerprint density at radius 1 is 1.09 bits per heavy atom. The van der Waals surface area contributed by atoms with Crippen molar-refractivity contribution in [3.8, 4) is 0 Å². The second-order valence-electron chi connectivity index (χ2n) is 8.77. The molecule has 2 aliphatic heterocycles. The van der Waals surface area contributed by atoms with Gasteiger partial charge >= 0.3 is 0 Å². The van der Waals surface area contributed by atoms with E-state index in [0.29, 0.717) is 21.9 Å². The van der Waals surface area contributed by atoms with E-state index in [-0.39, 0.29) is 11.6 Å². The third kappa shape index (κ3) is 4.64. The minimum absolute atomic E-state index is 0.0792. The monoisotopic (exact) mass is 475 g/mol. The quantitative estimate of drug-likeness (QED) is 0.488. The van der Waals surface area contributed by atoms with Crippen LogP contribution >= 0.6 is 23.2 Å². The predicted molar refractivity (Wildman–Crippen MR) is 128 cm³/mol. The second-order valence-corrected chi connectivity index (χ2v) is 9.64. The van der Waals surface area contributed by atoms with Crippen LogP contribution in [0.15, 0.2) is 24.4 Å². The fourth-order valence-electron chi connectivity index (χ4n) is 4.42. The Hall–Kier alpha value is -2.13. The number of hydrogen-bond donors (Lipinski definition) is 3. The Labute approximate surface area is 197 Å². The molecule has 0 saturated carbocycles. The first-order chi connectivity index (χ1) is 15.5. The lowest BCUT2D eigenvalue weighted by Gasteiger charge is -2.34. The van der Waals surface area contributed by atoms with Gasteiger partial charge in [-0.25, -0.2) is 9.97 Å². The fraction of sp³-hybridized carbons (Fsp3) is 0.500. The Morgan fingerprint density at radius 2 is 1.81 bits per heavy atom. The minimum atomic E-state index is -0.0792. The summed E-state index contributed by atoms with van der Waals surface area (Å²) in [6.07, 6.45) is 5.63. The third-order valence-electron chi connectivity index (χ3n) is 6.24. The van der Waals surface area contributed by atoms with E-state index in [0.717, 1.165) is 68.8 Å². The first kappa shape index (κ1) is 21.7. The van der Waals surface area contributed by atoms with Crippen molar-refractivity contribution >= 4 is 51.9 Å². The van der Waals surface area contributed by atoms with Gasteiger partial charge in [-0.2, -0.15) is 4.98 Å². The molecule has 170 valence electrons. The van der Waals surface area contributed by atoms with Gasteiger partial charge in [0.25, 0.3) is 0 Å². The van der Waals surface area contributed by atoms with Gasteiger partial charge in [0.1, 0.15) is 5.52 Å². The minimum Gasteiger partial charge on any atom is -0.381 e. The maximum Gasteiger partial charge on any atom is 0.225 e. The SMILES string of the molecule is CC1(Nc2ncc3nc(Nc4cc(Cl)cc(Cl)c4)n(C4CCNCC4)c3n2)CCOCC1. The van der Waals surface area contributed by atoms with E-state index in [2.05, 4.69) is 32.4 Å². The first-order valence-electron chi connectivity index (χ1n) is 11.0. The zero-order valence-electron chi connectivity index (χ0n) is 18.0. The molecule has 0 radical (unpaired) electrons. The van der Waals surface area contributed by atoms with Gasteiger partial charge < -0.3 is 20.7 Å². The van der Waals surface area contributed by atoms with Crippen LogP contribution in [0.3, 0.4) is 0 Å². The molecule has 0 spiro atoms. The summed E-state index contributed by atoms with van der Waals surface area (Å²) in [4.78, 5) is 14.3. The van der Waals surface area contributed by atoms with E-state index in [1.807, 2.05) is 12.1 Å². The molecule has 2 saturated heterocycles. The van der Waals surface area contributed by atoms with Crippen LogP contribution in [0.4, 0.5) is 17.6 Å². The zero-order valence-corrected chi connectivity index (χ0v) is 19.5. The number of imidazole rings is 1. The highest BCUT2D eigenvalue weighted by molar-refractivity contribution is 6.35. The fourth-order valence-corrected chi connectivity index (χ4v) is 4.95. The summed E-state index contributed by atoms with van der Waals surface area (Å²) in [5.74, 6) is 1.34. The summed E-state index contributed by atoms with van der Waals surface area (Å²) in [6, 6.07) is 5.67. The summed E-state index contributed by atoms with van der Waals surface area (Å²) in [7, 11) is 0. The lowest BCUT2D eigenvalue weighted by atomic mass is 9.93. The van der Waals surface area contributed by atoms with Crippen molar-refractivity contribution in [2.24, 2.45) is 0 Å². The second kappa shape index (κ2) is 9.02. The standard InChI is InChI=1S/C22H27Cl2N7O/c1-22(4-8-32-9-5-22)30-20-26-13-18-19(29-20)31(17-2-6-25-7-3-17)21(28-18)27-16-11-14(23)10-15(24)12-16/h10-13,17,25H,2-9H2,1H3,(H,27,28)(H,26,29,30). The van der Waals surface area contributed by atoms with E-state index in [4.69, 9.17) is 37.9 Å². The Bertz CT molecular complexity index is 1090. The van der Waals surface area contributed by atoms with Crippen molar-refractivity contribution in [3.05, 3.63) is 34.4 Å². The van der Waals surface area contributed by atoms with Crippen LogP contribution in [0, 0.1) is 0 Å². The molecule has 2 aromatic heterocycles. The molecule has 0 aliphatic carbocycles. The number of nitrogens with zero attached hydrogens (tertiary/aromatic N) is 4. The summed E-state index contributed by atoms with van der Waals surface area (Å²) >= 11 is 12.4. The number of ether oxygens (including phenoxy) is 1. The molecule has 3 N–H and O–H groups in total. The maximum atomic E-state index is 6.21. The number of rotatable bonds is 5. The van der Waals surface area contributed by atoms with Gasteiger partial charge in [0, 0.05) is 40.5 Å². The van der Waals surface area contributed by atoms with E-state index in [1.165, 1.54) is 0 Å². The molecule has 5 rings (SSSR count). The highest BCUT2D eigenvalue weighted by Gasteiger charge is 2.29. The number of aromatic nitrogens is 4. The number of fused-ring (bicyclic) bond motifs is 1. The van der Waals surface area contributed by atoms with Crippen molar-refractivity contribution < 1.29 is 4.74 Å². The van der Waals surface area contributed by atoms with Crippen molar-refractivity contribution in [1.29, 1.82) is 0 Å². The Kier molecular flexibility index (Phi) is 6.11. The maximum absolute atomic E-state index is 6.21. The molecule has 0 bridgehead atoms. The number of nitrogens with one attached hydrogen (secondary N) is 3. The summed E-state index contributed by atoms with van der Waals surface area (Å²) < 4.78 is 7.72. The molecule has 4 heterocycles. The summed E-state index contributed by atoms with van der Waals surface area (Å²) in [6.45, 7) is 5.61. The number of anilines is 3. The van der Waals surface area contributed by atoms with Crippen LogP contribution in [0.5, 0.6) is 0 Å². The van der Waals surface area contributed by atoms with Gasteiger partial charge in [0.2, 0.25) is 11.9 Å². The molecule has 3 aromatic rings. The average Bonchev–Trinajstić information content (AvgIpc) is 3.11. The molecule has 2 aliphatic rings. The molecule has 1 aromatic carbocycles. The van der Waals surface area contributed by atoms with Crippen molar-refractivity contribution in [2.45, 2.75) is 44.2 Å². The largest absolute Gasteiger partial charge is 0.381 e. The molecule has 32 heavy (non-hydrogen) atoms. The van der Waals surface area contributed by atoms with Gasteiger partial charge in [-0.15, -0.1) is 0 Å². The average molecular weight is 476 g/mol. The Morgan fingerprint density at radius 3 is 2.53 bits per heavy atom. The lowest BCUT2D eigenvalue weighted by Crippen LogP contribution is -2.41. The van der Waals surface area contributed by atoms with Crippen LogP contribution in [-0.4, -0.2) is 51.4 Å². The highest BCUT2D eigenvalue weighted by atomic mass is 35.5. The highest BCUT2D eigenvalue weighted by Crippen LogP contribution is 2.32. The van der Waals surface area contributed by atoms with Crippen LogP contribution in [0.1, 0.15) is 38.6 Å². The summed E-state index contributed by atoms with van der Waals surface area (Å²) in [5.41, 5.74) is 2.28. The van der Waals surface area contributed by atoms with Gasteiger partial charge in [0.15, 0.2) is 5.65 Å². The third-order valence-corrected chi connectivity index (χ3v) is 6.67. The van der Waals surface area contributed by atoms with Crippen molar-refractivity contribution in [1.82, 2.24) is 24.8 Å². The molecule has 0 amide bonds. The lowest BCUT2D eigenvalue weighted by molar-refractivity contribution is 0.0656. The number of hydrogen-bond acceptors (Lipinski definition) is 7. The predicted octanol–water partition coefficient (Wildman–Crippen LogP) is 4.78. The first-order valence-corrected chi connectivity index (χ1v) is 11.8. The van der Waals surface area contributed by atoms with Crippen molar-refractivity contribution in [3.63, 3.8) is 0 Å². The van der Waals surface area contributed by atoms with Crippen molar-refractivity contribution in [2.75, 3.05) is 36.9 Å². The smallest absolute Gasteiger partial charge is 0.225 e. The molecule has 0 atom stereocenters. The number of benzene rings is 1. The van der Waals surface area contributed by atoms with Crippen LogP contribution in [-0.2, 0) is 4.74 Å². The van der Waals surface area contributed by atoms with Crippen LogP contribution < -0.4 is 16.0 Å². The number of piperidine rings is 1. The zero-order chi connectivity index (χ0) is 22.1. The van der Waals surface area contributed by atoms with Gasteiger partial charge in [-0.05, 0) is 63.9 Å². The van der Waals surface area contributed by atoms with Crippen LogP contribution in [0.2, 0.25) is 10.0 Å². The molecule has 2 fully saturated rings. The molecule has 10 heteroatoms.